The van der Waals surface area contributed by atoms with Crippen molar-refractivity contribution in [3.05, 3.63) is 28.7 Å². The normalized spacial score (nSPS) is 19.0. The molecule has 8 heteroatoms. The van der Waals surface area contributed by atoms with E-state index in [9.17, 15) is 9.59 Å². The van der Waals surface area contributed by atoms with Crippen molar-refractivity contribution in [1.29, 1.82) is 0 Å². The Bertz CT molecular complexity index is 783. The maximum absolute atomic E-state index is 12.3. The van der Waals surface area contributed by atoms with E-state index in [0.717, 1.165) is 5.56 Å². The van der Waals surface area contributed by atoms with Crippen molar-refractivity contribution in [2.45, 2.75) is 6.92 Å². The number of ether oxygens (including phenoxy) is 2. The zero-order valence-corrected chi connectivity index (χ0v) is 15.8. The number of nitrogens with zero attached hydrogens (tertiary/aromatic N) is 3. The fraction of sp³-hybridized carbons (Fsp3) is 0.389. The molecule has 0 N–H and O–H groups in total. The number of aliphatic imine (C=N–C) groups is 1. The molecule has 26 heavy (non-hydrogen) atoms. The molecule has 0 bridgehead atoms. The lowest BCUT2D eigenvalue weighted by Crippen LogP contribution is -2.49. The molecule has 1 saturated heterocycles. The van der Waals surface area contributed by atoms with Crippen molar-refractivity contribution in [3.63, 3.8) is 0 Å². The fourth-order valence-electron chi connectivity index (χ4n) is 2.84. The quantitative estimate of drug-likeness (QED) is 0.751. The lowest BCUT2D eigenvalue weighted by molar-refractivity contribution is -0.130. The van der Waals surface area contributed by atoms with Gasteiger partial charge in [-0.25, -0.2) is 0 Å². The summed E-state index contributed by atoms with van der Waals surface area (Å²) in [5.41, 5.74) is 0.844. The van der Waals surface area contributed by atoms with Crippen LogP contribution in [-0.4, -0.2) is 67.2 Å². The van der Waals surface area contributed by atoms with Crippen LogP contribution in [0.1, 0.15) is 12.5 Å². The number of amidine groups is 1. The number of thioether (sulfide) groups is 1. The standard InChI is InChI=1S/C18H21N3O4S/c1-12(22)20-6-8-21(9-7-20)18-19-17(23)16(26-18)11-13-4-5-14(24-2)15(10-13)25-3/h4-5,10-11H,6-9H2,1-3H3/b16-11-. The molecule has 0 saturated carbocycles. The van der Waals surface area contributed by atoms with Crippen LogP contribution in [0.15, 0.2) is 28.1 Å². The fourth-order valence-corrected chi connectivity index (χ4v) is 3.80. The van der Waals surface area contributed by atoms with Crippen molar-refractivity contribution in [1.82, 2.24) is 9.80 Å². The predicted molar refractivity (Wildman–Crippen MR) is 101 cm³/mol. The maximum atomic E-state index is 12.3. The Balaban J connectivity index is 1.70. The number of carbonyl (C=O) groups is 2. The van der Waals surface area contributed by atoms with Crippen LogP contribution in [0, 0.1) is 0 Å². The third kappa shape index (κ3) is 3.85. The largest absolute Gasteiger partial charge is 0.493 e. The van der Waals surface area contributed by atoms with Gasteiger partial charge in [-0.05, 0) is 35.5 Å². The highest BCUT2D eigenvalue weighted by Crippen LogP contribution is 2.33. The highest BCUT2D eigenvalue weighted by molar-refractivity contribution is 8.18. The zero-order valence-electron chi connectivity index (χ0n) is 15.0. The minimum atomic E-state index is -0.242. The van der Waals surface area contributed by atoms with Crippen molar-refractivity contribution < 1.29 is 19.1 Å². The third-order valence-corrected chi connectivity index (χ3v) is 5.35. The summed E-state index contributed by atoms with van der Waals surface area (Å²) in [6.45, 7) is 4.24. The van der Waals surface area contributed by atoms with E-state index in [1.54, 1.807) is 38.2 Å². The van der Waals surface area contributed by atoms with Gasteiger partial charge in [-0.1, -0.05) is 6.07 Å². The summed E-state index contributed by atoms with van der Waals surface area (Å²) in [4.78, 5) is 32.3. The van der Waals surface area contributed by atoms with E-state index in [1.807, 2.05) is 12.1 Å². The van der Waals surface area contributed by atoms with E-state index < -0.39 is 0 Å². The molecule has 0 unspecified atom stereocenters. The number of benzene rings is 1. The SMILES string of the molecule is COc1ccc(/C=C2\SC(N3CCN(C(C)=O)CC3)=NC2=O)cc1OC. The Morgan fingerprint density at radius 1 is 1.15 bits per heavy atom. The molecule has 2 amide bonds. The van der Waals surface area contributed by atoms with Gasteiger partial charge in [-0.2, -0.15) is 4.99 Å². The maximum Gasteiger partial charge on any atom is 0.286 e. The Morgan fingerprint density at radius 2 is 1.85 bits per heavy atom. The summed E-state index contributed by atoms with van der Waals surface area (Å²) >= 11 is 1.37. The van der Waals surface area contributed by atoms with Gasteiger partial charge >= 0.3 is 0 Å². The molecule has 1 aromatic carbocycles. The number of amides is 2. The summed E-state index contributed by atoms with van der Waals surface area (Å²) in [6.07, 6.45) is 1.80. The first-order valence-electron chi connectivity index (χ1n) is 8.27. The lowest BCUT2D eigenvalue weighted by Gasteiger charge is -2.34. The summed E-state index contributed by atoms with van der Waals surface area (Å²) in [7, 11) is 3.16. The van der Waals surface area contributed by atoms with Crippen LogP contribution in [0.2, 0.25) is 0 Å². The average Bonchev–Trinajstić information content (AvgIpc) is 3.02. The second-order valence-electron chi connectivity index (χ2n) is 5.92. The molecule has 1 aromatic rings. The predicted octanol–water partition coefficient (Wildman–Crippen LogP) is 1.84. The molecule has 7 nitrogen and oxygen atoms in total. The van der Waals surface area contributed by atoms with Crippen LogP contribution in [-0.2, 0) is 9.59 Å². The molecule has 3 rings (SSSR count). The lowest BCUT2D eigenvalue weighted by atomic mass is 10.2. The van der Waals surface area contributed by atoms with Crippen molar-refractivity contribution in [3.8, 4) is 11.5 Å². The smallest absolute Gasteiger partial charge is 0.286 e. The second-order valence-corrected chi connectivity index (χ2v) is 6.93. The number of carbonyl (C=O) groups excluding carboxylic acids is 2. The van der Waals surface area contributed by atoms with Crippen LogP contribution in [0.3, 0.4) is 0 Å². The summed E-state index contributed by atoms with van der Waals surface area (Å²) in [5, 5.41) is 0.699. The summed E-state index contributed by atoms with van der Waals surface area (Å²) in [6, 6.07) is 5.49. The summed E-state index contributed by atoms with van der Waals surface area (Å²) in [5.74, 6) is 1.09. The number of piperazine rings is 1. The van der Waals surface area contributed by atoms with Gasteiger partial charge in [-0.15, -0.1) is 0 Å². The van der Waals surface area contributed by atoms with Crippen LogP contribution in [0.25, 0.3) is 6.08 Å². The van der Waals surface area contributed by atoms with Crippen LogP contribution in [0.4, 0.5) is 0 Å². The van der Waals surface area contributed by atoms with Gasteiger partial charge in [0.25, 0.3) is 5.91 Å². The van der Waals surface area contributed by atoms with E-state index in [4.69, 9.17) is 9.47 Å². The molecule has 2 aliphatic heterocycles. The van der Waals surface area contributed by atoms with Gasteiger partial charge in [-0.3, -0.25) is 9.59 Å². The first-order chi connectivity index (χ1) is 12.5. The van der Waals surface area contributed by atoms with Crippen molar-refractivity contribution in [2.24, 2.45) is 4.99 Å². The van der Waals surface area contributed by atoms with E-state index in [1.165, 1.54) is 11.8 Å². The third-order valence-electron chi connectivity index (χ3n) is 4.31. The van der Waals surface area contributed by atoms with Gasteiger partial charge in [0.05, 0.1) is 19.1 Å². The first-order valence-corrected chi connectivity index (χ1v) is 9.08. The first kappa shape index (κ1) is 18.3. The highest BCUT2D eigenvalue weighted by atomic mass is 32.2. The van der Waals surface area contributed by atoms with Gasteiger partial charge in [0.2, 0.25) is 5.91 Å². The number of rotatable bonds is 3. The zero-order chi connectivity index (χ0) is 18.7. The molecule has 0 radical (unpaired) electrons. The Hall–Kier alpha value is -2.48. The Morgan fingerprint density at radius 3 is 2.46 bits per heavy atom. The number of methoxy groups -OCH3 is 2. The Kier molecular flexibility index (Phi) is 5.51. The van der Waals surface area contributed by atoms with Gasteiger partial charge < -0.3 is 19.3 Å². The molecule has 138 valence electrons. The van der Waals surface area contributed by atoms with Crippen LogP contribution >= 0.6 is 11.8 Å². The number of hydrogen-bond donors (Lipinski definition) is 0. The molecule has 1 fully saturated rings. The Labute approximate surface area is 156 Å². The molecule has 2 heterocycles. The molecule has 0 aromatic heterocycles. The van der Waals surface area contributed by atoms with E-state index in [2.05, 4.69) is 9.89 Å². The molecular formula is C18H21N3O4S. The molecule has 2 aliphatic rings. The minimum Gasteiger partial charge on any atom is -0.493 e. The minimum absolute atomic E-state index is 0.0794. The van der Waals surface area contributed by atoms with E-state index in [0.29, 0.717) is 47.8 Å². The van der Waals surface area contributed by atoms with Gasteiger partial charge in [0.15, 0.2) is 16.7 Å². The molecule has 0 spiro atoms. The molecular weight excluding hydrogens is 354 g/mol. The van der Waals surface area contributed by atoms with Gasteiger partial charge in [0, 0.05) is 33.1 Å². The molecule has 0 atom stereocenters. The van der Waals surface area contributed by atoms with Gasteiger partial charge in [0.1, 0.15) is 0 Å². The van der Waals surface area contributed by atoms with Crippen molar-refractivity contribution in [2.75, 3.05) is 40.4 Å². The summed E-state index contributed by atoms with van der Waals surface area (Å²) < 4.78 is 10.5. The topological polar surface area (TPSA) is 71.4 Å². The van der Waals surface area contributed by atoms with E-state index in [-0.39, 0.29) is 11.8 Å². The molecule has 0 aliphatic carbocycles. The van der Waals surface area contributed by atoms with Crippen molar-refractivity contribution >= 4 is 34.8 Å². The van der Waals surface area contributed by atoms with E-state index >= 15 is 0 Å². The van der Waals surface area contributed by atoms with Crippen LogP contribution < -0.4 is 9.47 Å². The second kappa shape index (κ2) is 7.82. The highest BCUT2D eigenvalue weighted by Gasteiger charge is 2.29. The average molecular weight is 375 g/mol. The monoisotopic (exact) mass is 375 g/mol. The number of hydrogen-bond acceptors (Lipinski definition) is 6. The van der Waals surface area contributed by atoms with Crippen LogP contribution in [0.5, 0.6) is 11.5 Å².